The highest BCUT2D eigenvalue weighted by atomic mass is 35.5. The van der Waals surface area contributed by atoms with E-state index in [9.17, 15) is 9.59 Å². The van der Waals surface area contributed by atoms with Crippen LogP contribution in [0, 0.1) is 11.8 Å². The van der Waals surface area contributed by atoms with E-state index in [1.807, 2.05) is 0 Å². The Morgan fingerprint density at radius 3 is 1.77 bits per heavy atom. The molecule has 0 aromatic carbocycles. The highest BCUT2D eigenvalue weighted by Gasteiger charge is 2.12. The summed E-state index contributed by atoms with van der Waals surface area (Å²) in [6.07, 6.45) is 17.9. The second-order valence-corrected chi connectivity index (χ2v) is 8.82. The number of carbonyl (C=O) groups excluding carboxylic acids is 2. The van der Waals surface area contributed by atoms with E-state index in [4.69, 9.17) is 23.2 Å². The first-order chi connectivity index (χ1) is 12.5. The maximum absolute atomic E-state index is 11.3. The van der Waals surface area contributed by atoms with Crippen LogP contribution in [0.5, 0.6) is 0 Å². The molecule has 0 heterocycles. The van der Waals surface area contributed by atoms with Crippen LogP contribution in [0.1, 0.15) is 117 Å². The third-order valence-corrected chi connectivity index (χ3v) is 5.64. The monoisotopic (exact) mass is 406 g/mol. The molecule has 2 atom stereocenters. The van der Waals surface area contributed by atoms with Gasteiger partial charge in [-0.2, -0.15) is 0 Å². The largest absolute Gasteiger partial charge is 0.281 e. The van der Waals surface area contributed by atoms with Crippen LogP contribution in [-0.4, -0.2) is 10.5 Å². The van der Waals surface area contributed by atoms with Crippen LogP contribution in [0.2, 0.25) is 0 Å². The lowest BCUT2D eigenvalue weighted by molar-refractivity contribution is -0.113. The summed E-state index contributed by atoms with van der Waals surface area (Å²) in [7, 11) is 0. The molecular formula is C22H40Cl2O2. The SMILES string of the molecule is CCCCCCC(CCCCC(C)CCCCCCC(=O)Cl)CC(=O)Cl. The first-order valence-electron chi connectivity index (χ1n) is 10.8. The summed E-state index contributed by atoms with van der Waals surface area (Å²) in [5.41, 5.74) is 0. The van der Waals surface area contributed by atoms with Gasteiger partial charge in [-0.25, -0.2) is 0 Å². The summed E-state index contributed by atoms with van der Waals surface area (Å²) in [5, 5.41) is -0.382. The average molecular weight is 407 g/mol. The highest BCUT2D eigenvalue weighted by Crippen LogP contribution is 2.24. The molecule has 0 N–H and O–H groups in total. The number of carbonyl (C=O) groups is 2. The summed E-state index contributed by atoms with van der Waals surface area (Å²) in [6, 6.07) is 0. The van der Waals surface area contributed by atoms with Gasteiger partial charge in [-0.3, -0.25) is 9.59 Å². The fraction of sp³-hybridized carbons (Fsp3) is 0.909. The van der Waals surface area contributed by atoms with Gasteiger partial charge in [0.2, 0.25) is 10.5 Å². The molecule has 0 aliphatic carbocycles. The molecule has 0 saturated carbocycles. The van der Waals surface area contributed by atoms with Crippen molar-refractivity contribution < 1.29 is 9.59 Å². The van der Waals surface area contributed by atoms with Gasteiger partial charge in [-0.15, -0.1) is 0 Å². The topological polar surface area (TPSA) is 34.1 Å². The smallest absolute Gasteiger partial charge is 0.221 e. The molecule has 0 aliphatic heterocycles. The summed E-state index contributed by atoms with van der Waals surface area (Å²) >= 11 is 11.0. The fourth-order valence-corrected chi connectivity index (χ4v) is 3.97. The number of halogens is 2. The van der Waals surface area contributed by atoms with Crippen molar-refractivity contribution in [3.63, 3.8) is 0 Å². The third kappa shape index (κ3) is 18.7. The van der Waals surface area contributed by atoms with Crippen molar-refractivity contribution in [3.05, 3.63) is 0 Å². The van der Waals surface area contributed by atoms with E-state index < -0.39 is 0 Å². The van der Waals surface area contributed by atoms with Crippen LogP contribution in [-0.2, 0) is 9.59 Å². The Bertz CT molecular complexity index is 358. The first kappa shape index (κ1) is 25.9. The molecule has 0 aliphatic rings. The number of unbranched alkanes of at least 4 members (excludes halogenated alkanes) is 7. The van der Waals surface area contributed by atoms with Crippen molar-refractivity contribution in [1.82, 2.24) is 0 Å². The number of rotatable bonds is 19. The predicted octanol–water partition coefficient (Wildman–Crippen LogP) is 8.03. The molecular weight excluding hydrogens is 367 g/mol. The molecule has 0 fully saturated rings. The molecule has 0 aromatic rings. The summed E-state index contributed by atoms with van der Waals surface area (Å²) < 4.78 is 0. The molecule has 0 amide bonds. The van der Waals surface area contributed by atoms with E-state index in [1.54, 1.807) is 0 Å². The number of hydrogen-bond donors (Lipinski definition) is 0. The minimum absolute atomic E-state index is 0.172. The van der Waals surface area contributed by atoms with Gasteiger partial charge < -0.3 is 0 Å². The average Bonchev–Trinajstić information content (AvgIpc) is 2.57. The lowest BCUT2D eigenvalue weighted by Crippen LogP contribution is -2.05. The molecule has 0 aromatic heterocycles. The van der Waals surface area contributed by atoms with E-state index in [-0.39, 0.29) is 10.5 Å². The Kier molecular flexibility index (Phi) is 18.2. The van der Waals surface area contributed by atoms with Crippen molar-refractivity contribution >= 4 is 33.7 Å². The molecule has 4 heteroatoms. The Morgan fingerprint density at radius 2 is 1.19 bits per heavy atom. The van der Waals surface area contributed by atoms with Gasteiger partial charge in [0.15, 0.2) is 0 Å². The second-order valence-electron chi connectivity index (χ2n) is 7.97. The van der Waals surface area contributed by atoms with Crippen molar-refractivity contribution in [2.75, 3.05) is 0 Å². The second kappa shape index (κ2) is 18.3. The van der Waals surface area contributed by atoms with Crippen LogP contribution in [0.3, 0.4) is 0 Å². The lowest BCUT2D eigenvalue weighted by Gasteiger charge is -2.16. The normalized spacial score (nSPS) is 13.5. The molecule has 2 nitrogen and oxygen atoms in total. The highest BCUT2D eigenvalue weighted by molar-refractivity contribution is 6.63. The van der Waals surface area contributed by atoms with Crippen LogP contribution < -0.4 is 0 Å². The lowest BCUT2D eigenvalue weighted by atomic mass is 9.90. The van der Waals surface area contributed by atoms with Crippen molar-refractivity contribution in [2.24, 2.45) is 11.8 Å². The van der Waals surface area contributed by atoms with E-state index >= 15 is 0 Å². The Balaban J connectivity index is 3.69. The number of hydrogen-bond acceptors (Lipinski definition) is 2. The molecule has 26 heavy (non-hydrogen) atoms. The van der Waals surface area contributed by atoms with Gasteiger partial charge in [0, 0.05) is 12.8 Å². The van der Waals surface area contributed by atoms with Crippen LogP contribution in [0.25, 0.3) is 0 Å². The fourth-order valence-electron chi connectivity index (χ4n) is 3.62. The van der Waals surface area contributed by atoms with Gasteiger partial charge in [-0.05, 0) is 54.3 Å². The molecule has 0 radical (unpaired) electrons. The van der Waals surface area contributed by atoms with E-state index in [0.29, 0.717) is 18.8 Å². The van der Waals surface area contributed by atoms with Crippen molar-refractivity contribution in [1.29, 1.82) is 0 Å². The standard InChI is InChI=1S/C22H40Cl2O2/c1-3-4-5-9-15-20(18-22(24)26)16-12-11-14-19(2)13-8-6-7-10-17-21(23)25/h19-20H,3-18H2,1-2H3. The van der Waals surface area contributed by atoms with E-state index in [0.717, 1.165) is 31.6 Å². The van der Waals surface area contributed by atoms with Crippen molar-refractivity contribution in [3.8, 4) is 0 Å². The van der Waals surface area contributed by atoms with Gasteiger partial charge in [0.1, 0.15) is 0 Å². The first-order valence-corrected chi connectivity index (χ1v) is 11.6. The molecule has 0 bridgehead atoms. The van der Waals surface area contributed by atoms with Crippen molar-refractivity contribution in [2.45, 2.75) is 117 Å². The third-order valence-electron chi connectivity index (χ3n) is 5.29. The molecule has 154 valence electrons. The zero-order valence-electron chi connectivity index (χ0n) is 17.0. The summed E-state index contributed by atoms with van der Waals surface area (Å²) in [6.45, 7) is 4.56. The zero-order valence-corrected chi connectivity index (χ0v) is 18.6. The summed E-state index contributed by atoms with van der Waals surface area (Å²) in [5.74, 6) is 1.25. The molecule has 0 saturated heterocycles. The van der Waals surface area contributed by atoms with Gasteiger partial charge >= 0.3 is 0 Å². The summed E-state index contributed by atoms with van der Waals surface area (Å²) in [4.78, 5) is 21.9. The van der Waals surface area contributed by atoms with Gasteiger partial charge in [0.05, 0.1) is 0 Å². The molecule has 2 unspecified atom stereocenters. The van der Waals surface area contributed by atoms with Gasteiger partial charge in [-0.1, -0.05) is 84.5 Å². The Morgan fingerprint density at radius 1 is 0.692 bits per heavy atom. The van der Waals surface area contributed by atoms with Crippen LogP contribution in [0.15, 0.2) is 0 Å². The Hall–Kier alpha value is -0.0800. The predicted molar refractivity (Wildman–Crippen MR) is 114 cm³/mol. The molecule has 0 spiro atoms. The molecule has 0 rings (SSSR count). The van der Waals surface area contributed by atoms with E-state index in [1.165, 1.54) is 64.2 Å². The maximum atomic E-state index is 11.3. The van der Waals surface area contributed by atoms with Crippen LogP contribution in [0.4, 0.5) is 0 Å². The maximum Gasteiger partial charge on any atom is 0.221 e. The van der Waals surface area contributed by atoms with E-state index in [2.05, 4.69) is 13.8 Å². The van der Waals surface area contributed by atoms with Crippen LogP contribution >= 0.6 is 23.2 Å². The Labute approximate surface area is 171 Å². The zero-order chi connectivity index (χ0) is 19.6. The van der Waals surface area contributed by atoms with Gasteiger partial charge in [0.25, 0.3) is 0 Å². The minimum atomic E-state index is -0.210. The quantitative estimate of drug-likeness (QED) is 0.160. The minimum Gasteiger partial charge on any atom is -0.281 e.